The van der Waals surface area contributed by atoms with Crippen molar-refractivity contribution in [2.24, 2.45) is 0 Å². The zero-order valence-corrected chi connectivity index (χ0v) is 12.3. The van der Waals surface area contributed by atoms with E-state index in [4.69, 9.17) is 9.47 Å². The van der Waals surface area contributed by atoms with Crippen molar-refractivity contribution in [2.75, 3.05) is 39.2 Å². The maximum absolute atomic E-state index is 12.1. The predicted molar refractivity (Wildman–Crippen MR) is 68.2 cm³/mol. The molecule has 1 aliphatic rings. The van der Waals surface area contributed by atoms with E-state index in [1.807, 2.05) is 13.8 Å². The zero-order valence-electron chi connectivity index (χ0n) is 11.5. The summed E-state index contributed by atoms with van der Waals surface area (Å²) in [4.78, 5) is 11.3. The van der Waals surface area contributed by atoms with Gasteiger partial charge in [0.2, 0.25) is 10.0 Å². The van der Waals surface area contributed by atoms with E-state index in [9.17, 15) is 13.2 Å². The first-order valence-electron chi connectivity index (χ1n) is 6.15. The molecule has 1 rings (SSSR count). The number of methoxy groups -OCH3 is 1. The Morgan fingerprint density at radius 3 is 2.74 bits per heavy atom. The smallest absolute Gasteiger partial charge is 0.336 e. The monoisotopic (exact) mass is 295 g/mol. The molecule has 1 unspecified atom stereocenters. The third kappa shape index (κ3) is 5.06. The number of morpholine rings is 1. The molecule has 1 saturated heterocycles. The first-order chi connectivity index (χ1) is 8.86. The molecule has 1 heterocycles. The Bertz CT molecular complexity index is 394. The van der Waals surface area contributed by atoms with E-state index in [0.717, 1.165) is 0 Å². The topological polar surface area (TPSA) is 82.1 Å². The van der Waals surface area contributed by atoms with Crippen LogP contribution in [0.15, 0.2) is 0 Å². The Morgan fingerprint density at radius 1 is 1.47 bits per heavy atom. The largest absolute Gasteiger partial charge is 0.467 e. The minimum atomic E-state index is -3.43. The fourth-order valence-corrected chi connectivity index (χ4v) is 2.95. The van der Waals surface area contributed by atoms with Gasteiger partial charge in [0.05, 0.1) is 38.7 Å². The van der Waals surface area contributed by atoms with Gasteiger partial charge in [0, 0.05) is 6.54 Å². The van der Waals surface area contributed by atoms with E-state index in [1.165, 1.54) is 11.4 Å². The highest BCUT2D eigenvalue weighted by atomic mass is 32.2. The number of carbonyl (C=O) groups excluding carboxylic acids is 1. The first kappa shape index (κ1) is 16.4. The molecule has 8 heteroatoms. The summed E-state index contributed by atoms with van der Waals surface area (Å²) < 4.78 is 40.4. The molecule has 0 saturated carbocycles. The molecule has 19 heavy (non-hydrogen) atoms. The van der Waals surface area contributed by atoms with Crippen LogP contribution in [0.2, 0.25) is 0 Å². The van der Waals surface area contributed by atoms with Gasteiger partial charge in [-0.2, -0.15) is 4.31 Å². The molecule has 0 radical (unpaired) electrons. The van der Waals surface area contributed by atoms with Crippen LogP contribution in [0.5, 0.6) is 0 Å². The van der Waals surface area contributed by atoms with Crippen molar-refractivity contribution < 1.29 is 27.4 Å². The number of nitrogens with zero attached hydrogens (tertiary/aromatic N) is 1. The SMILES string of the molecule is COC(=O)C1CN(S(=O)(=O)CCOC(C)C)CCO1. The van der Waals surface area contributed by atoms with Gasteiger partial charge in [-0.05, 0) is 13.8 Å². The number of ether oxygens (including phenoxy) is 3. The molecule has 0 spiro atoms. The van der Waals surface area contributed by atoms with Crippen LogP contribution in [0.3, 0.4) is 0 Å². The van der Waals surface area contributed by atoms with E-state index < -0.39 is 22.1 Å². The summed E-state index contributed by atoms with van der Waals surface area (Å²) in [6, 6.07) is 0. The Kier molecular flexibility index (Phi) is 6.18. The fourth-order valence-electron chi connectivity index (χ4n) is 1.67. The third-order valence-corrected chi connectivity index (χ3v) is 4.48. The van der Waals surface area contributed by atoms with Crippen LogP contribution in [0.1, 0.15) is 13.8 Å². The molecule has 0 amide bonds. The normalized spacial score (nSPS) is 21.6. The van der Waals surface area contributed by atoms with Crippen LogP contribution in [0.4, 0.5) is 0 Å². The molecule has 1 fully saturated rings. The zero-order chi connectivity index (χ0) is 14.5. The van der Waals surface area contributed by atoms with Gasteiger partial charge in [-0.25, -0.2) is 13.2 Å². The van der Waals surface area contributed by atoms with Crippen molar-refractivity contribution in [1.82, 2.24) is 4.31 Å². The van der Waals surface area contributed by atoms with E-state index >= 15 is 0 Å². The lowest BCUT2D eigenvalue weighted by Gasteiger charge is -2.30. The summed E-state index contributed by atoms with van der Waals surface area (Å²) in [5.41, 5.74) is 0. The molecule has 0 aromatic rings. The molecule has 0 N–H and O–H groups in total. The molecular formula is C11H21NO6S. The maximum Gasteiger partial charge on any atom is 0.336 e. The van der Waals surface area contributed by atoms with Crippen molar-refractivity contribution in [1.29, 1.82) is 0 Å². The average Bonchev–Trinajstić information content (AvgIpc) is 2.37. The summed E-state index contributed by atoms with van der Waals surface area (Å²) >= 11 is 0. The van der Waals surface area contributed by atoms with Crippen molar-refractivity contribution in [2.45, 2.75) is 26.1 Å². The van der Waals surface area contributed by atoms with E-state index in [0.29, 0.717) is 0 Å². The number of sulfonamides is 1. The van der Waals surface area contributed by atoms with Gasteiger partial charge in [-0.15, -0.1) is 0 Å². The summed E-state index contributed by atoms with van der Waals surface area (Å²) in [6.45, 7) is 4.25. The summed E-state index contributed by atoms with van der Waals surface area (Å²) in [5, 5.41) is 0. The number of hydrogen-bond acceptors (Lipinski definition) is 6. The Labute approximate surface area is 113 Å². The van der Waals surface area contributed by atoms with Gasteiger partial charge in [0.25, 0.3) is 0 Å². The lowest BCUT2D eigenvalue weighted by Crippen LogP contribution is -2.49. The van der Waals surface area contributed by atoms with Crippen LogP contribution in [0.25, 0.3) is 0 Å². The van der Waals surface area contributed by atoms with Crippen LogP contribution >= 0.6 is 0 Å². The van der Waals surface area contributed by atoms with Crippen LogP contribution in [-0.4, -0.2) is 70.1 Å². The van der Waals surface area contributed by atoms with Gasteiger partial charge in [-0.3, -0.25) is 0 Å². The van der Waals surface area contributed by atoms with Gasteiger partial charge < -0.3 is 14.2 Å². The highest BCUT2D eigenvalue weighted by molar-refractivity contribution is 7.89. The summed E-state index contributed by atoms with van der Waals surface area (Å²) in [7, 11) is -2.19. The second-order valence-electron chi connectivity index (χ2n) is 4.48. The van der Waals surface area contributed by atoms with Gasteiger partial charge in [0.1, 0.15) is 0 Å². The van der Waals surface area contributed by atoms with Crippen LogP contribution in [0, 0.1) is 0 Å². The number of hydrogen-bond donors (Lipinski definition) is 0. The molecule has 1 atom stereocenters. The van der Waals surface area contributed by atoms with Gasteiger partial charge >= 0.3 is 5.97 Å². The Morgan fingerprint density at radius 2 is 2.16 bits per heavy atom. The van der Waals surface area contributed by atoms with Crippen molar-refractivity contribution in [3.8, 4) is 0 Å². The quantitative estimate of drug-likeness (QED) is 0.621. The van der Waals surface area contributed by atoms with E-state index in [-0.39, 0.29) is 38.2 Å². The average molecular weight is 295 g/mol. The van der Waals surface area contributed by atoms with Crippen LogP contribution < -0.4 is 0 Å². The Balaban J connectivity index is 2.55. The highest BCUT2D eigenvalue weighted by Gasteiger charge is 2.33. The van der Waals surface area contributed by atoms with Crippen LogP contribution in [-0.2, 0) is 29.0 Å². The van der Waals surface area contributed by atoms with Crippen molar-refractivity contribution in [3.05, 3.63) is 0 Å². The van der Waals surface area contributed by atoms with Crippen molar-refractivity contribution >= 4 is 16.0 Å². The van der Waals surface area contributed by atoms with E-state index in [1.54, 1.807) is 0 Å². The van der Waals surface area contributed by atoms with E-state index in [2.05, 4.69) is 4.74 Å². The number of esters is 1. The van der Waals surface area contributed by atoms with Gasteiger partial charge in [0.15, 0.2) is 6.10 Å². The number of carbonyl (C=O) groups is 1. The number of rotatable bonds is 6. The van der Waals surface area contributed by atoms with Gasteiger partial charge in [-0.1, -0.05) is 0 Å². The molecular weight excluding hydrogens is 274 g/mol. The molecule has 7 nitrogen and oxygen atoms in total. The third-order valence-electron chi connectivity index (χ3n) is 2.68. The standard InChI is InChI=1S/C11H21NO6S/c1-9(2)17-6-7-19(14,15)12-4-5-18-10(8-12)11(13)16-3/h9-10H,4-8H2,1-3H3. The van der Waals surface area contributed by atoms with Crippen molar-refractivity contribution in [3.63, 3.8) is 0 Å². The molecule has 0 aliphatic carbocycles. The first-order valence-corrected chi connectivity index (χ1v) is 7.76. The maximum atomic E-state index is 12.1. The summed E-state index contributed by atoms with van der Waals surface area (Å²) in [5.74, 6) is -0.655. The molecule has 112 valence electrons. The Hall–Kier alpha value is -0.700. The summed E-state index contributed by atoms with van der Waals surface area (Å²) in [6.07, 6.45) is -0.859. The second-order valence-corrected chi connectivity index (χ2v) is 6.56. The second kappa shape index (κ2) is 7.18. The molecule has 0 aromatic carbocycles. The molecule has 0 bridgehead atoms. The minimum Gasteiger partial charge on any atom is -0.467 e. The lowest BCUT2D eigenvalue weighted by molar-refractivity contribution is -0.157. The molecule has 1 aliphatic heterocycles. The molecule has 0 aromatic heterocycles. The minimum absolute atomic E-state index is 0.00329. The predicted octanol–water partition coefficient (Wildman–Crippen LogP) is -0.385. The lowest BCUT2D eigenvalue weighted by atomic mass is 10.3. The fraction of sp³-hybridized carbons (Fsp3) is 0.909. The highest BCUT2D eigenvalue weighted by Crippen LogP contribution is 2.12.